The van der Waals surface area contributed by atoms with Gasteiger partial charge >= 0.3 is 0 Å². The number of halogens is 1. The molecule has 4 rings (SSSR count). The van der Waals surface area contributed by atoms with Gasteiger partial charge in [0.1, 0.15) is 5.82 Å². The summed E-state index contributed by atoms with van der Waals surface area (Å²) in [5.41, 5.74) is 1.43. The van der Waals surface area contributed by atoms with Gasteiger partial charge in [-0.2, -0.15) is 5.10 Å². The number of carbonyl (C=O) groups excluding carboxylic acids is 1. The van der Waals surface area contributed by atoms with Gasteiger partial charge in [-0.1, -0.05) is 20.3 Å². The molecule has 1 atom stereocenters. The summed E-state index contributed by atoms with van der Waals surface area (Å²) in [4.78, 5) is 15.1. The fraction of sp³-hybridized carbons (Fsp3) is 0.667. The highest BCUT2D eigenvalue weighted by Gasteiger charge is 2.36. The van der Waals surface area contributed by atoms with E-state index in [2.05, 4.69) is 54.7 Å². The lowest BCUT2D eigenvalue weighted by Crippen LogP contribution is -2.32. The number of H-pyrrole nitrogens is 1. The summed E-state index contributed by atoms with van der Waals surface area (Å²) in [6.07, 6.45) is 6.45. The third-order valence-electron chi connectivity index (χ3n) is 5.46. The number of nitrogens with zero attached hydrogens (tertiary/aromatic N) is 5. The minimum Gasteiger partial charge on any atom is -0.327 e. The van der Waals surface area contributed by atoms with E-state index in [0.717, 1.165) is 60.6 Å². The van der Waals surface area contributed by atoms with Crippen LogP contribution in [0.25, 0.3) is 0 Å². The minimum atomic E-state index is -0.0338. The Hall–Kier alpha value is -1.70. The molecule has 1 amide bonds. The van der Waals surface area contributed by atoms with Crippen molar-refractivity contribution in [1.82, 2.24) is 29.9 Å². The Kier molecular flexibility index (Phi) is 4.86. The largest absolute Gasteiger partial charge is 0.327 e. The van der Waals surface area contributed by atoms with Crippen LogP contribution in [0.5, 0.6) is 0 Å². The Labute approximate surface area is 161 Å². The average molecular weight is 421 g/mol. The van der Waals surface area contributed by atoms with Crippen LogP contribution >= 0.6 is 15.9 Å². The molecule has 1 fully saturated rings. The van der Waals surface area contributed by atoms with Gasteiger partial charge < -0.3 is 9.47 Å². The molecule has 0 aromatic carbocycles. The van der Waals surface area contributed by atoms with Gasteiger partial charge in [0, 0.05) is 19.5 Å². The molecule has 2 aliphatic heterocycles. The van der Waals surface area contributed by atoms with Crippen molar-refractivity contribution in [2.75, 3.05) is 6.54 Å². The van der Waals surface area contributed by atoms with Gasteiger partial charge in [-0.3, -0.25) is 9.89 Å². The van der Waals surface area contributed by atoms with E-state index in [0.29, 0.717) is 5.69 Å². The average Bonchev–Trinajstić information content (AvgIpc) is 3.29. The van der Waals surface area contributed by atoms with E-state index in [1.165, 1.54) is 12.8 Å². The van der Waals surface area contributed by atoms with Crippen LogP contribution in [-0.4, -0.2) is 42.3 Å². The van der Waals surface area contributed by atoms with Crippen molar-refractivity contribution < 1.29 is 4.79 Å². The maximum atomic E-state index is 13.2. The Morgan fingerprint density at radius 3 is 2.81 bits per heavy atom. The van der Waals surface area contributed by atoms with E-state index in [9.17, 15) is 4.79 Å². The number of aromatic amines is 1. The van der Waals surface area contributed by atoms with E-state index in [-0.39, 0.29) is 17.9 Å². The molecular weight excluding hydrogens is 396 g/mol. The van der Waals surface area contributed by atoms with Crippen LogP contribution in [0, 0.1) is 0 Å². The van der Waals surface area contributed by atoms with Gasteiger partial charge in [0.15, 0.2) is 11.5 Å². The number of aryl methyl sites for hydroxylation is 1. The van der Waals surface area contributed by atoms with E-state index in [1.807, 2.05) is 4.90 Å². The molecule has 4 heterocycles. The maximum Gasteiger partial charge on any atom is 0.276 e. The first-order chi connectivity index (χ1) is 12.6. The maximum absolute atomic E-state index is 13.2. The van der Waals surface area contributed by atoms with E-state index < -0.39 is 0 Å². The molecular formula is C18H25BrN6O. The predicted octanol–water partition coefficient (Wildman–Crippen LogP) is 3.59. The van der Waals surface area contributed by atoms with Crippen molar-refractivity contribution >= 4 is 21.8 Å². The fourth-order valence-corrected chi connectivity index (χ4v) is 4.84. The molecule has 0 radical (unpaired) electrons. The van der Waals surface area contributed by atoms with Gasteiger partial charge in [0.05, 0.1) is 16.2 Å². The van der Waals surface area contributed by atoms with Gasteiger partial charge in [-0.15, -0.1) is 10.2 Å². The molecule has 1 unspecified atom stereocenters. The van der Waals surface area contributed by atoms with Crippen molar-refractivity contribution in [2.45, 2.75) is 70.9 Å². The second-order valence-electron chi connectivity index (χ2n) is 7.55. The molecule has 0 saturated carbocycles. The monoisotopic (exact) mass is 420 g/mol. The van der Waals surface area contributed by atoms with Crippen molar-refractivity contribution in [1.29, 1.82) is 0 Å². The molecule has 0 spiro atoms. The second kappa shape index (κ2) is 7.13. The Morgan fingerprint density at radius 1 is 1.19 bits per heavy atom. The third-order valence-corrected chi connectivity index (χ3v) is 6.27. The topological polar surface area (TPSA) is 79.7 Å². The lowest BCUT2D eigenvalue weighted by molar-refractivity contribution is 0.0720. The van der Waals surface area contributed by atoms with Crippen molar-refractivity contribution in [3.63, 3.8) is 0 Å². The Balaban J connectivity index is 1.63. The summed E-state index contributed by atoms with van der Waals surface area (Å²) in [6.45, 7) is 5.86. The quantitative estimate of drug-likeness (QED) is 0.822. The number of amides is 1. The minimum absolute atomic E-state index is 0.00653. The summed E-state index contributed by atoms with van der Waals surface area (Å²) < 4.78 is 3.03. The Bertz CT molecular complexity index is 811. The van der Waals surface area contributed by atoms with Crippen molar-refractivity contribution in [3.8, 4) is 0 Å². The summed E-state index contributed by atoms with van der Waals surface area (Å²) in [5.74, 6) is 2.26. The summed E-state index contributed by atoms with van der Waals surface area (Å²) in [6, 6.07) is -0.00653. The SMILES string of the molecule is CC(C)c1[nH]nc(C(=O)N2CCCC2c2nnc3n2CCCCC3)c1Br. The van der Waals surface area contributed by atoms with Crippen LogP contribution in [0.1, 0.15) is 85.7 Å². The first-order valence-electron chi connectivity index (χ1n) is 9.54. The number of hydrogen-bond donors (Lipinski definition) is 1. The third kappa shape index (κ3) is 2.98. The van der Waals surface area contributed by atoms with Crippen LogP contribution in [-0.2, 0) is 13.0 Å². The number of fused-ring (bicyclic) bond motifs is 1. The molecule has 26 heavy (non-hydrogen) atoms. The molecule has 0 aliphatic carbocycles. The van der Waals surface area contributed by atoms with Crippen LogP contribution in [0.3, 0.4) is 0 Å². The van der Waals surface area contributed by atoms with Gasteiger partial charge in [0.25, 0.3) is 5.91 Å². The van der Waals surface area contributed by atoms with Crippen LogP contribution in [0.2, 0.25) is 0 Å². The van der Waals surface area contributed by atoms with E-state index >= 15 is 0 Å². The number of carbonyl (C=O) groups is 1. The molecule has 1 saturated heterocycles. The van der Waals surface area contributed by atoms with Crippen LogP contribution < -0.4 is 0 Å². The highest BCUT2D eigenvalue weighted by Crippen LogP contribution is 2.35. The molecule has 140 valence electrons. The smallest absolute Gasteiger partial charge is 0.276 e. The van der Waals surface area contributed by atoms with Crippen molar-refractivity contribution in [2.24, 2.45) is 0 Å². The summed E-state index contributed by atoms with van der Waals surface area (Å²) in [5, 5.41) is 16.2. The molecule has 0 bridgehead atoms. The van der Waals surface area contributed by atoms with Gasteiger partial charge in [-0.05, 0) is 47.5 Å². The normalized spacial score (nSPS) is 20.5. The Morgan fingerprint density at radius 2 is 2.04 bits per heavy atom. The molecule has 2 aliphatic rings. The first-order valence-corrected chi connectivity index (χ1v) is 10.3. The molecule has 7 nitrogen and oxygen atoms in total. The van der Waals surface area contributed by atoms with Crippen molar-refractivity contribution in [3.05, 3.63) is 27.5 Å². The predicted molar refractivity (Wildman–Crippen MR) is 101 cm³/mol. The zero-order valence-corrected chi connectivity index (χ0v) is 16.9. The second-order valence-corrected chi connectivity index (χ2v) is 8.34. The summed E-state index contributed by atoms with van der Waals surface area (Å²) >= 11 is 3.56. The number of hydrogen-bond acceptors (Lipinski definition) is 4. The van der Waals surface area contributed by atoms with Crippen LogP contribution in [0.4, 0.5) is 0 Å². The fourth-order valence-electron chi connectivity index (χ4n) is 4.03. The highest BCUT2D eigenvalue weighted by molar-refractivity contribution is 9.10. The number of aromatic nitrogens is 5. The molecule has 8 heteroatoms. The standard InChI is InChI=1S/C18H25BrN6O/c1-11(2)15-14(19)16(22-21-15)18(26)24-10-6-7-12(24)17-23-20-13-8-4-3-5-9-25(13)17/h11-12H,3-10H2,1-2H3,(H,21,22). The molecule has 1 N–H and O–H groups in total. The first kappa shape index (κ1) is 17.7. The zero-order valence-electron chi connectivity index (χ0n) is 15.3. The highest BCUT2D eigenvalue weighted by atomic mass is 79.9. The molecule has 2 aromatic heterocycles. The number of likely N-dealkylation sites (tertiary alicyclic amines) is 1. The van der Waals surface area contributed by atoms with Gasteiger partial charge in [0.2, 0.25) is 0 Å². The molecule has 2 aromatic rings. The van der Waals surface area contributed by atoms with E-state index in [4.69, 9.17) is 0 Å². The van der Waals surface area contributed by atoms with Crippen LogP contribution in [0.15, 0.2) is 4.47 Å². The zero-order chi connectivity index (χ0) is 18.3. The number of rotatable bonds is 3. The van der Waals surface area contributed by atoms with Gasteiger partial charge in [-0.25, -0.2) is 0 Å². The van der Waals surface area contributed by atoms with E-state index in [1.54, 1.807) is 0 Å². The summed E-state index contributed by atoms with van der Waals surface area (Å²) in [7, 11) is 0. The number of nitrogens with one attached hydrogen (secondary N) is 1. The lowest BCUT2D eigenvalue weighted by Gasteiger charge is -2.24. The lowest BCUT2D eigenvalue weighted by atomic mass is 10.1.